The number of hydrogen-bond donors (Lipinski definition) is 0. The van der Waals surface area contributed by atoms with Crippen molar-refractivity contribution in [2.75, 3.05) is 0 Å². The lowest BCUT2D eigenvalue weighted by atomic mass is 10.4. The molecule has 0 aromatic carbocycles. The molecule has 1 nitrogen and oxygen atoms in total. The van der Waals surface area contributed by atoms with Gasteiger partial charge < -0.3 is 0 Å². The first-order valence-electron chi connectivity index (χ1n) is 2.29. The highest BCUT2D eigenvalue weighted by Gasteiger charge is 2.17. The first kappa shape index (κ1) is 10.6. The molecule has 58 valence electrons. The molecule has 10 heavy (non-hydrogen) atoms. The Morgan fingerprint density at radius 2 is 1.80 bits per heavy atom. The molecule has 0 heterocycles. The van der Waals surface area contributed by atoms with Crippen molar-refractivity contribution < 1.29 is 4.79 Å². The zero-order valence-corrected chi connectivity index (χ0v) is 8.02. The van der Waals surface area contributed by atoms with Gasteiger partial charge in [0, 0.05) is 6.92 Å². The van der Waals surface area contributed by atoms with Crippen LogP contribution >= 0.6 is 46.4 Å². The van der Waals surface area contributed by atoms with Crippen molar-refractivity contribution in [2.24, 2.45) is 0 Å². The van der Waals surface area contributed by atoms with E-state index in [1.807, 2.05) is 0 Å². The molecule has 0 radical (unpaired) electrons. The average molecular weight is 222 g/mol. The SMILES string of the molecule is CC(=O)/C(Cl)=C/C(Cl)(Cl)Cl. The zero-order valence-electron chi connectivity index (χ0n) is 5.00. The summed E-state index contributed by atoms with van der Waals surface area (Å²) in [6, 6.07) is 0. The van der Waals surface area contributed by atoms with E-state index in [1.165, 1.54) is 6.92 Å². The number of Topliss-reactive ketones (excluding diaryl/α,β-unsaturated/α-hetero) is 1. The van der Waals surface area contributed by atoms with Gasteiger partial charge in [0.15, 0.2) is 5.78 Å². The summed E-state index contributed by atoms with van der Waals surface area (Å²) >= 11 is 21.2. The second-order valence-corrected chi connectivity index (χ2v) is 4.37. The van der Waals surface area contributed by atoms with E-state index < -0.39 is 3.79 Å². The standard InChI is InChI=1S/C5H4Cl4O/c1-3(10)4(6)2-5(7,8)9/h2H,1H3/b4-2-. The lowest BCUT2D eigenvalue weighted by Gasteiger charge is -2.02. The fourth-order valence-corrected chi connectivity index (χ4v) is 0.904. The van der Waals surface area contributed by atoms with Crippen LogP contribution in [-0.4, -0.2) is 9.58 Å². The van der Waals surface area contributed by atoms with Crippen LogP contribution in [0.15, 0.2) is 11.1 Å². The molecule has 0 aliphatic rings. The van der Waals surface area contributed by atoms with Gasteiger partial charge in [0.1, 0.15) is 0 Å². The predicted molar refractivity (Wildman–Crippen MR) is 44.9 cm³/mol. The highest BCUT2D eigenvalue weighted by Crippen LogP contribution is 2.29. The summed E-state index contributed by atoms with van der Waals surface area (Å²) in [6.07, 6.45) is 1.06. The first-order valence-corrected chi connectivity index (χ1v) is 3.80. The summed E-state index contributed by atoms with van der Waals surface area (Å²) in [5, 5.41) is -0.0694. The lowest BCUT2D eigenvalue weighted by Crippen LogP contribution is -1.99. The van der Waals surface area contributed by atoms with Crippen molar-refractivity contribution in [3.05, 3.63) is 11.1 Å². The van der Waals surface area contributed by atoms with Gasteiger partial charge >= 0.3 is 0 Å². The van der Waals surface area contributed by atoms with Crippen LogP contribution < -0.4 is 0 Å². The van der Waals surface area contributed by atoms with E-state index in [4.69, 9.17) is 46.4 Å². The van der Waals surface area contributed by atoms with Crippen molar-refractivity contribution in [1.82, 2.24) is 0 Å². The van der Waals surface area contributed by atoms with E-state index in [9.17, 15) is 4.79 Å². The van der Waals surface area contributed by atoms with E-state index >= 15 is 0 Å². The number of hydrogen-bond acceptors (Lipinski definition) is 1. The summed E-state index contributed by atoms with van der Waals surface area (Å²) in [5.74, 6) is -0.326. The Hall–Kier alpha value is 0.570. The molecule has 0 unspecified atom stereocenters. The van der Waals surface area contributed by atoms with E-state index in [0.29, 0.717) is 0 Å². The highest BCUT2D eigenvalue weighted by atomic mass is 35.6. The van der Waals surface area contributed by atoms with Gasteiger partial charge in [-0.3, -0.25) is 4.79 Å². The van der Waals surface area contributed by atoms with Crippen molar-refractivity contribution in [2.45, 2.75) is 10.7 Å². The number of halogens is 4. The molecule has 5 heteroatoms. The van der Waals surface area contributed by atoms with Crippen LogP contribution in [0.2, 0.25) is 0 Å². The number of carbonyl (C=O) groups excluding carboxylic acids is 1. The largest absolute Gasteiger partial charge is 0.294 e. The maximum Gasteiger partial charge on any atom is 0.211 e. The molecule has 0 amide bonds. The summed E-state index contributed by atoms with van der Waals surface area (Å²) in [4.78, 5) is 10.4. The molecule has 0 saturated carbocycles. The van der Waals surface area contributed by atoms with Gasteiger partial charge in [0.25, 0.3) is 0 Å². The van der Waals surface area contributed by atoms with Gasteiger partial charge in [-0.05, 0) is 6.08 Å². The van der Waals surface area contributed by atoms with Gasteiger partial charge in [0.2, 0.25) is 3.79 Å². The van der Waals surface area contributed by atoms with E-state index in [2.05, 4.69) is 0 Å². The Morgan fingerprint density at radius 3 is 1.90 bits per heavy atom. The third-order valence-electron chi connectivity index (χ3n) is 0.627. The molecule has 0 aliphatic carbocycles. The molecule has 0 N–H and O–H groups in total. The number of alkyl halides is 3. The monoisotopic (exact) mass is 220 g/mol. The van der Waals surface area contributed by atoms with Crippen molar-refractivity contribution in [3.8, 4) is 0 Å². The average Bonchev–Trinajstić information content (AvgIpc) is 1.60. The minimum Gasteiger partial charge on any atom is -0.294 e. The minimum absolute atomic E-state index is 0.0694. The molecule has 0 spiro atoms. The molecule has 0 aromatic rings. The quantitative estimate of drug-likeness (QED) is 0.492. The van der Waals surface area contributed by atoms with Crippen molar-refractivity contribution in [3.63, 3.8) is 0 Å². The molecule has 0 rings (SSSR count). The van der Waals surface area contributed by atoms with Gasteiger partial charge in [-0.1, -0.05) is 46.4 Å². The second-order valence-electron chi connectivity index (χ2n) is 1.59. The summed E-state index contributed by atoms with van der Waals surface area (Å²) in [7, 11) is 0. The fraction of sp³-hybridized carbons (Fsp3) is 0.400. The Kier molecular flexibility index (Phi) is 4.03. The molecule has 0 atom stereocenters. The van der Waals surface area contributed by atoms with Crippen LogP contribution in [0.3, 0.4) is 0 Å². The summed E-state index contributed by atoms with van der Waals surface area (Å²) < 4.78 is -1.59. The van der Waals surface area contributed by atoms with Crippen molar-refractivity contribution in [1.29, 1.82) is 0 Å². The van der Waals surface area contributed by atoms with Gasteiger partial charge in [-0.2, -0.15) is 0 Å². The Bertz CT molecular complexity index is 167. The maximum absolute atomic E-state index is 10.4. The minimum atomic E-state index is -1.59. The zero-order chi connectivity index (χ0) is 8.36. The Morgan fingerprint density at radius 1 is 1.40 bits per heavy atom. The lowest BCUT2D eigenvalue weighted by molar-refractivity contribution is -0.113. The van der Waals surface area contributed by atoms with Gasteiger partial charge in [0.05, 0.1) is 5.03 Å². The second kappa shape index (κ2) is 3.82. The van der Waals surface area contributed by atoms with Crippen LogP contribution in [0.25, 0.3) is 0 Å². The summed E-state index contributed by atoms with van der Waals surface area (Å²) in [5.41, 5.74) is 0. The molecular formula is C5H4Cl4O. The van der Waals surface area contributed by atoms with Crippen LogP contribution in [-0.2, 0) is 4.79 Å². The molecule has 0 saturated heterocycles. The predicted octanol–water partition coefficient (Wildman–Crippen LogP) is 3.07. The molecule has 0 aromatic heterocycles. The van der Waals surface area contributed by atoms with Crippen LogP contribution in [0.4, 0.5) is 0 Å². The van der Waals surface area contributed by atoms with Crippen molar-refractivity contribution >= 4 is 52.2 Å². The van der Waals surface area contributed by atoms with Crippen LogP contribution in [0.5, 0.6) is 0 Å². The van der Waals surface area contributed by atoms with E-state index in [1.54, 1.807) is 0 Å². The normalized spacial score (nSPS) is 13.5. The fourth-order valence-electron chi connectivity index (χ4n) is 0.245. The Labute approximate surface area is 78.9 Å². The van der Waals surface area contributed by atoms with Crippen LogP contribution in [0.1, 0.15) is 6.92 Å². The van der Waals surface area contributed by atoms with E-state index in [0.717, 1.165) is 6.08 Å². The number of ketones is 1. The van der Waals surface area contributed by atoms with Gasteiger partial charge in [-0.15, -0.1) is 0 Å². The highest BCUT2D eigenvalue weighted by molar-refractivity contribution is 6.69. The third-order valence-corrected chi connectivity index (χ3v) is 1.33. The van der Waals surface area contributed by atoms with E-state index in [-0.39, 0.29) is 10.8 Å². The topological polar surface area (TPSA) is 17.1 Å². The molecule has 0 bridgehead atoms. The number of carbonyl (C=O) groups is 1. The maximum atomic E-state index is 10.4. The first-order chi connectivity index (χ1) is 4.33. The third kappa shape index (κ3) is 5.36. The molecule has 0 aliphatic heterocycles. The molecule has 0 fully saturated rings. The molecular weight excluding hydrogens is 218 g/mol. The summed E-state index contributed by atoms with van der Waals surface area (Å²) in [6.45, 7) is 1.29. The number of allylic oxidation sites excluding steroid dienone is 2. The number of rotatable bonds is 1. The Balaban J connectivity index is 4.32. The van der Waals surface area contributed by atoms with Gasteiger partial charge in [-0.25, -0.2) is 0 Å². The van der Waals surface area contributed by atoms with Crippen LogP contribution in [0, 0.1) is 0 Å². The smallest absolute Gasteiger partial charge is 0.211 e.